The van der Waals surface area contributed by atoms with Gasteiger partial charge in [0.15, 0.2) is 0 Å². The zero-order valence-corrected chi connectivity index (χ0v) is 28.6. The van der Waals surface area contributed by atoms with Crippen LogP contribution < -0.4 is 25.2 Å². The second-order valence-corrected chi connectivity index (χ2v) is 13.3. The Morgan fingerprint density at radius 2 is 1.31 bits per heavy atom. The number of piperazine rings is 1. The molecule has 0 aromatic heterocycles. The maximum Gasteiger partial charge on any atom is 0.323 e. The number of urea groups is 1. The van der Waals surface area contributed by atoms with Crippen LogP contribution in [0.25, 0.3) is 0 Å². The molecule has 3 aromatic rings. The van der Waals surface area contributed by atoms with Gasteiger partial charge in [-0.1, -0.05) is 13.3 Å². The lowest BCUT2D eigenvalue weighted by Crippen LogP contribution is -2.44. The quantitative estimate of drug-likeness (QED) is 0.198. The fourth-order valence-electron chi connectivity index (χ4n) is 5.79. The van der Waals surface area contributed by atoms with E-state index < -0.39 is 0 Å². The molecule has 3 N–H and O–H groups in total. The average Bonchev–Trinajstić information content (AvgIpc) is 3.12. The van der Waals surface area contributed by atoms with Crippen LogP contribution in [0, 0.1) is 0 Å². The monoisotopic (exact) mass is 667 g/mol. The number of amides is 3. The van der Waals surface area contributed by atoms with Crippen LogP contribution in [0.1, 0.15) is 36.5 Å². The molecule has 3 aromatic carbocycles. The summed E-state index contributed by atoms with van der Waals surface area (Å²) in [6, 6.07) is 22.3. The van der Waals surface area contributed by atoms with Gasteiger partial charge in [-0.2, -0.15) is 0 Å². The van der Waals surface area contributed by atoms with Crippen LogP contribution in [-0.4, -0.2) is 81.3 Å². The van der Waals surface area contributed by atoms with Crippen LogP contribution >= 0.6 is 11.9 Å². The van der Waals surface area contributed by atoms with E-state index in [0.717, 1.165) is 88.8 Å². The predicted molar refractivity (Wildman–Crippen MR) is 198 cm³/mol. The first-order chi connectivity index (χ1) is 23.4. The van der Waals surface area contributed by atoms with E-state index in [4.69, 9.17) is 4.74 Å². The van der Waals surface area contributed by atoms with Crippen molar-refractivity contribution >= 4 is 52.3 Å². The number of benzene rings is 3. The van der Waals surface area contributed by atoms with E-state index in [1.54, 1.807) is 36.2 Å². The Balaban J connectivity index is 0.998. The summed E-state index contributed by atoms with van der Waals surface area (Å²) in [5, 5.41) is 9.97. The molecule has 252 valence electrons. The zero-order chi connectivity index (χ0) is 33.3. The van der Waals surface area contributed by atoms with Gasteiger partial charge in [0, 0.05) is 85.7 Å². The minimum atomic E-state index is -0.355. The Kier molecular flexibility index (Phi) is 11.2. The van der Waals surface area contributed by atoms with Gasteiger partial charge in [0.25, 0.3) is 5.91 Å². The third-order valence-corrected chi connectivity index (χ3v) is 9.78. The molecule has 2 saturated heterocycles. The highest BCUT2D eigenvalue weighted by molar-refractivity contribution is 8.04. The van der Waals surface area contributed by atoms with Crippen LogP contribution in [-0.2, 0) is 4.74 Å². The number of nitrogens with one attached hydrogen (secondary N) is 3. The zero-order valence-electron chi connectivity index (χ0n) is 27.8. The van der Waals surface area contributed by atoms with E-state index in [1.807, 2.05) is 48.5 Å². The molecule has 3 heterocycles. The van der Waals surface area contributed by atoms with Crippen molar-refractivity contribution in [1.82, 2.24) is 9.80 Å². The Hall–Kier alpha value is -4.45. The van der Waals surface area contributed by atoms with Gasteiger partial charge in [0.1, 0.15) is 0 Å². The molecular weight excluding hydrogens is 623 g/mol. The molecule has 0 spiro atoms. The van der Waals surface area contributed by atoms with Crippen molar-refractivity contribution in [3.63, 3.8) is 0 Å². The highest BCUT2D eigenvalue weighted by atomic mass is 32.2. The summed E-state index contributed by atoms with van der Waals surface area (Å²) in [6.45, 7) is 9.60. The van der Waals surface area contributed by atoms with E-state index in [-0.39, 0.29) is 11.9 Å². The smallest absolute Gasteiger partial charge is 0.323 e. The Labute approximate surface area is 287 Å². The number of ether oxygens (including phenoxy) is 1. The maximum absolute atomic E-state index is 12.9. The molecule has 0 bridgehead atoms. The van der Waals surface area contributed by atoms with Gasteiger partial charge in [-0.15, -0.1) is 0 Å². The summed E-state index contributed by atoms with van der Waals surface area (Å²) in [4.78, 5) is 32.7. The topological polar surface area (TPSA) is 92.4 Å². The Morgan fingerprint density at radius 3 is 1.94 bits per heavy atom. The van der Waals surface area contributed by atoms with Gasteiger partial charge in [-0.05, 0) is 104 Å². The van der Waals surface area contributed by atoms with Crippen molar-refractivity contribution in [3.05, 3.63) is 101 Å². The van der Waals surface area contributed by atoms with Crippen molar-refractivity contribution in [1.29, 1.82) is 0 Å². The molecule has 3 aliphatic rings. The van der Waals surface area contributed by atoms with Gasteiger partial charge < -0.3 is 35.4 Å². The number of hydrogen-bond donors (Lipinski definition) is 3. The lowest BCUT2D eigenvalue weighted by molar-refractivity contribution is 0.0576. The van der Waals surface area contributed by atoms with Crippen LogP contribution in [0.2, 0.25) is 0 Å². The van der Waals surface area contributed by atoms with E-state index in [0.29, 0.717) is 16.9 Å². The van der Waals surface area contributed by atoms with Gasteiger partial charge in [0.05, 0.1) is 23.9 Å². The molecule has 6 rings (SSSR count). The largest absolute Gasteiger partial charge is 0.378 e. The van der Waals surface area contributed by atoms with E-state index in [2.05, 4.69) is 61.2 Å². The number of likely N-dealkylation sites (N-methyl/N-ethyl adjacent to an activating group) is 1. The van der Waals surface area contributed by atoms with Crippen LogP contribution in [0.15, 0.2) is 95.7 Å². The van der Waals surface area contributed by atoms with Crippen LogP contribution in [0.4, 0.5) is 33.2 Å². The van der Waals surface area contributed by atoms with Gasteiger partial charge in [-0.25, -0.2) is 4.79 Å². The molecule has 11 heteroatoms. The average molecular weight is 668 g/mol. The molecule has 3 amide bonds. The molecule has 0 radical (unpaired) electrons. The van der Waals surface area contributed by atoms with Gasteiger partial charge in [0.2, 0.25) is 0 Å². The van der Waals surface area contributed by atoms with Crippen LogP contribution in [0.5, 0.6) is 0 Å². The maximum atomic E-state index is 12.9. The van der Waals surface area contributed by atoms with E-state index >= 15 is 0 Å². The minimum Gasteiger partial charge on any atom is -0.378 e. The van der Waals surface area contributed by atoms with Gasteiger partial charge in [-0.3, -0.25) is 9.10 Å². The van der Waals surface area contributed by atoms with E-state index in [9.17, 15) is 9.59 Å². The number of carbonyl (C=O) groups is 2. The first kappa shape index (κ1) is 33.5. The molecule has 2 fully saturated rings. The lowest BCUT2D eigenvalue weighted by Gasteiger charge is -2.35. The lowest BCUT2D eigenvalue weighted by atomic mass is 10.1. The number of hydrogen-bond acceptors (Lipinski definition) is 8. The number of morpholine rings is 1. The fourth-order valence-corrected chi connectivity index (χ4v) is 6.91. The third-order valence-electron chi connectivity index (χ3n) is 8.70. The molecule has 0 aliphatic carbocycles. The summed E-state index contributed by atoms with van der Waals surface area (Å²) in [7, 11) is 2.14. The number of anilines is 5. The summed E-state index contributed by atoms with van der Waals surface area (Å²) >= 11 is 1.72. The fraction of sp³-hybridized carbons (Fsp3) is 0.351. The molecule has 48 heavy (non-hydrogen) atoms. The van der Waals surface area contributed by atoms with Crippen molar-refractivity contribution in [3.8, 4) is 0 Å². The number of carbonyl (C=O) groups excluding carboxylic acids is 2. The van der Waals surface area contributed by atoms with Crippen molar-refractivity contribution < 1.29 is 14.3 Å². The SMILES string of the molecule is CCCCC1=CN(c2ccc(NC(=O)Nc3ccc(C(=O)Nc4ccc(N5CCN(C)CC5)cc4)cc3)cc2)SC(N2CCOCC2)=C1. The molecule has 0 atom stereocenters. The second kappa shape index (κ2) is 16.1. The normalized spacial score (nSPS) is 17.0. The van der Waals surface area contributed by atoms with Gasteiger partial charge >= 0.3 is 6.03 Å². The molecule has 0 saturated carbocycles. The molecular formula is C37H45N7O3S. The first-order valence-corrected chi connectivity index (χ1v) is 17.6. The minimum absolute atomic E-state index is 0.204. The summed E-state index contributed by atoms with van der Waals surface area (Å²) < 4.78 is 7.78. The first-order valence-electron chi connectivity index (χ1n) is 16.8. The third kappa shape index (κ3) is 8.91. The standard InChI is InChI=1S/C37H45N7O3S/c1-3-4-5-28-26-35(43-22-24-47-25-23-43)48-44(27-28)34-16-12-32(13-17-34)40-37(46)39-31-8-6-29(7-9-31)36(45)38-30-10-14-33(15-11-30)42-20-18-41(2)19-21-42/h6-17,26-27H,3-5,18-25H2,1-2H3,(H,38,45)(H2,39,40,46). The molecule has 0 unspecified atom stereocenters. The Morgan fingerprint density at radius 1 is 0.729 bits per heavy atom. The number of unbranched alkanes of at least 4 members (excludes halogenated alkanes) is 1. The Bertz CT molecular complexity index is 1600. The summed E-state index contributed by atoms with van der Waals surface area (Å²) in [5.74, 6) is -0.204. The van der Waals surface area contributed by atoms with Crippen LogP contribution in [0.3, 0.4) is 0 Å². The highest BCUT2D eigenvalue weighted by Crippen LogP contribution is 2.37. The molecule has 10 nitrogen and oxygen atoms in total. The number of rotatable bonds is 10. The van der Waals surface area contributed by atoms with Crippen molar-refractivity contribution in [2.75, 3.05) is 84.7 Å². The highest BCUT2D eigenvalue weighted by Gasteiger charge is 2.22. The van der Waals surface area contributed by atoms with E-state index in [1.165, 1.54) is 10.6 Å². The van der Waals surface area contributed by atoms with Crippen molar-refractivity contribution in [2.24, 2.45) is 0 Å². The summed E-state index contributed by atoms with van der Waals surface area (Å²) in [5.41, 5.74) is 6.05. The second-order valence-electron chi connectivity index (χ2n) is 12.3. The molecule has 3 aliphatic heterocycles. The number of nitrogens with zero attached hydrogens (tertiary/aromatic N) is 4. The summed E-state index contributed by atoms with van der Waals surface area (Å²) in [6.07, 6.45) is 7.87. The predicted octanol–water partition coefficient (Wildman–Crippen LogP) is 7.05. The van der Waals surface area contributed by atoms with Crippen molar-refractivity contribution in [2.45, 2.75) is 26.2 Å². The number of allylic oxidation sites excluding steroid dienone is 2.